The minimum Gasteiger partial charge on any atom is -0.326 e. The summed E-state index contributed by atoms with van der Waals surface area (Å²) < 4.78 is 1.43. The fourth-order valence-corrected chi connectivity index (χ4v) is 2.39. The van der Waals surface area contributed by atoms with Crippen LogP contribution in [0.1, 0.15) is 35.6 Å². The minimum atomic E-state index is -0.706. The van der Waals surface area contributed by atoms with Crippen LogP contribution in [0.3, 0.4) is 0 Å². The van der Waals surface area contributed by atoms with Crippen LogP contribution in [0.15, 0.2) is 24.3 Å². The number of carbonyl (C=O) groups is 3. The van der Waals surface area contributed by atoms with Crippen LogP contribution < -0.4 is 10.6 Å². The lowest BCUT2D eigenvalue weighted by molar-refractivity contribution is -0.123. The Hall–Kier alpha value is -3.03. The monoisotopic (exact) mass is 313 g/mol. The van der Waals surface area contributed by atoms with Crippen LogP contribution in [-0.4, -0.2) is 32.4 Å². The van der Waals surface area contributed by atoms with Gasteiger partial charge in [-0.2, -0.15) is 10.1 Å². The number of ketones is 1. The third-order valence-corrected chi connectivity index (χ3v) is 3.52. The van der Waals surface area contributed by atoms with E-state index >= 15 is 0 Å². The van der Waals surface area contributed by atoms with Crippen molar-refractivity contribution in [3.8, 4) is 0 Å². The number of Topliss-reactive ketones (excluding diaryl/α,β-unsaturated/α-hetero) is 1. The molecule has 23 heavy (non-hydrogen) atoms. The Balaban J connectivity index is 1.67. The van der Waals surface area contributed by atoms with Crippen LogP contribution in [0, 0.1) is 6.92 Å². The zero-order valence-corrected chi connectivity index (χ0v) is 12.7. The maximum atomic E-state index is 12.1. The van der Waals surface area contributed by atoms with Crippen molar-refractivity contribution >= 4 is 29.2 Å². The molecule has 1 aromatic carbocycles. The number of nitrogens with zero attached hydrogens (tertiary/aromatic N) is 3. The van der Waals surface area contributed by atoms with E-state index in [4.69, 9.17) is 0 Å². The molecule has 0 bridgehead atoms. The number of nitrogens with one attached hydrogen (secondary N) is 2. The summed E-state index contributed by atoms with van der Waals surface area (Å²) >= 11 is 0. The Labute approximate surface area is 131 Å². The smallest absolute Gasteiger partial charge is 0.252 e. The molecule has 2 heterocycles. The number of hydrogen-bond acceptors (Lipinski definition) is 5. The zero-order chi connectivity index (χ0) is 16.6. The highest BCUT2D eigenvalue weighted by Gasteiger charge is 2.34. The molecule has 118 valence electrons. The second kappa shape index (κ2) is 5.64. The molecule has 1 atom stereocenters. The van der Waals surface area contributed by atoms with E-state index in [1.54, 1.807) is 31.2 Å². The van der Waals surface area contributed by atoms with Crippen molar-refractivity contribution < 1.29 is 14.4 Å². The molecule has 0 fully saturated rings. The first kappa shape index (κ1) is 14.9. The van der Waals surface area contributed by atoms with Gasteiger partial charge in [-0.25, -0.2) is 4.68 Å². The van der Waals surface area contributed by atoms with Gasteiger partial charge in [0.15, 0.2) is 5.78 Å². The molecular formula is C15H15N5O3. The number of fused-ring (bicyclic) bond motifs is 1. The molecule has 2 N–H and O–H groups in total. The first-order valence-corrected chi connectivity index (χ1v) is 7.09. The molecule has 8 nitrogen and oxygen atoms in total. The molecule has 2 aromatic rings. The summed E-state index contributed by atoms with van der Waals surface area (Å²) in [7, 11) is 0. The number of amides is 2. The summed E-state index contributed by atoms with van der Waals surface area (Å²) in [6.45, 7) is 3.19. The van der Waals surface area contributed by atoms with Gasteiger partial charge in [0.05, 0.1) is 6.42 Å². The maximum absolute atomic E-state index is 12.1. The Kier molecular flexibility index (Phi) is 3.65. The lowest BCUT2D eigenvalue weighted by atomic mass is 10.1. The highest BCUT2D eigenvalue weighted by atomic mass is 16.2. The molecule has 2 amide bonds. The summed E-state index contributed by atoms with van der Waals surface area (Å²) in [6, 6.07) is 5.86. The van der Waals surface area contributed by atoms with Crippen molar-refractivity contribution in [2.75, 3.05) is 10.6 Å². The third kappa shape index (κ3) is 2.96. The number of anilines is 2. The van der Waals surface area contributed by atoms with Crippen molar-refractivity contribution in [2.24, 2.45) is 0 Å². The quantitative estimate of drug-likeness (QED) is 0.828. The predicted octanol–water partition coefficient (Wildman–Crippen LogP) is 1.31. The van der Waals surface area contributed by atoms with E-state index in [9.17, 15) is 14.4 Å². The van der Waals surface area contributed by atoms with Gasteiger partial charge in [0, 0.05) is 11.3 Å². The number of hydrogen-bond donors (Lipinski definition) is 2. The van der Waals surface area contributed by atoms with E-state index in [1.165, 1.54) is 11.6 Å². The van der Waals surface area contributed by atoms with Gasteiger partial charge in [0.2, 0.25) is 11.9 Å². The fourth-order valence-electron chi connectivity index (χ4n) is 2.39. The number of carbonyl (C=O) groups excluding carboxylic acids is 3. The van der Waals surface area contributed by atoms with Gasteiger partial charge >= 0.3 is 0 Å². The summed E-state index contributed by atoms with van der Waals surface area (Å²) in [5.41, 5.74) is 1.13. The summed E-state index contributed by atoms with van der Waals surface area (Å²) in [6.07, 6.45) is -0.0455. The van der Waals surface area contributed by atoms with Gasteiger partial charge in [-0.05, 0) is 38.1 Å². The fraction of sp³-hybridized carbons (Fsp3) is 0.267. The largest absolute Gasteiger partial charge is 0.326 e. The zero-order valence-electron chi connectivity index (χ0n) is 12.7. The molecular weight excluding hydrogens is 298 g/mol. The summed E-state index contributed by atoms with van der Waals surface area (Å²) in [4.78, 5) is 39.3. The van der Waals surface area contributed by atoms with Crippen molar-refractivity contribution in [1.82, 2.24) is 14.8 Å². The van der Waals surface area contributed by atoms with Crippen molar-refractivity contribution in [3.05, 3.63) is 35.7 Å². The van der Waals surface area contributed by atoms with Crippen LogP contribution in [0.5, 0.6) is 0 Å². The van der Waals surface area contributed by atoms with Crippen molar-refractivity contribution in [2.45, 2.75) is 26.3 Å². The van der Waals surface area contributed by atoms with Gasteiger partial charge in [-0.3, -0.25) is 19.7 Å². The van der Waals surface area contributed by atoms with E-state index in [2.05, 4.69) is 20.7 Å². The topological polar surface area (TPSA) is 106 Å². The van der Waals surface area contributed by atoms with Gasteiger partial charge in [0.1, 0.15) is 11.9 Å². The average molecular weight is 313 g/mol. The number of aromatic nitrogens is 3. The first-order chi connectivity index (χ1) is 10.9. The molecule has 0 unspecified atom stereocenters. The molecule has 1 aromatic heterocycles. The van der Waals surface area contributed by atoms with Crippen LogP contribution in [0.4, 0.5) is 11.6 Å². The molecule has 0 saturated carbocycles. The Morgan fingerprint density at radius 1 is 1.30 bits per heavy atom. The molecule has 0 saturated heterocycles. The standard InChI is InChI=1S/C15H15N5O3/c1-8(21)10-3-5-11(6-4-10)17-13(22)7-12-14(23)18-15-16-9(2)19-20(12)15/h3-6,12H,7H2,1-2H3,(H,17,22)(H,16,18,19,23)/t12-/m0/s1. The van der Waals surface area contributed by atoms with Gasteiger partial charge in [-0.15, -0.1) is 0 Å². The molecule has 0 radical (unpaired) electrons. The Morgan fingerprint density at radius 2 is 2.00 bits per heavy atom. The molecule has 3 rings (SSSR count). The van der Waals surface area contributed by atoms with Crippen molar-refractivity contribution in [3.63, 3.8) is 0 Å². The SMILES string of the molecule is CC(=O)c1ccc(NC(=O)C[C@H]2C(=O)Nc3nc(C)nn32)cc1. The van der Waals surface area contributed by atoms with E-state index in [1.807, 2.05) is 0 Å². The molecule has 1 aliphatic heterocycles. The van der Waals surface area contributed by atoms with Crippen LogP contribution >= 0.6 is 0 Å². The molecule has 1 aliphatic rings. The lowest BCUT2D eigenvalue weighted by Gasteiger charge is -2.10. The summed E-state index contributed by atoms with van der Waals surface area (Å²) in [5.74, 6) is 0.227. The third-order valence-electron chi connectivity index (χ3n) is 3.52. The van der Waals surface area contributed by atoms with Gasteiger partial charge in [0.25, 0.3) is 5.91 Å². The van der Waals surface area contributed by atoms with Crippen molar-refractivity contribution in [1.29, 1.82) is 0 Å². The van der Waals surface area contributed by atoms with E-state index < -0.39 is 6.04 Å². The van der Waals surface area contributed by atoms with Gasteiger partial charge in [-0.1, -0.05) is 0 Å². The molecule has 8 heteroatoms. The second-order valence-corrected chi connectivity index (χ2v) is 5.32. The lowest BCUT2D eigenvalue weighted by Crippen LogP contribution is -2.23. The molecule has 0 aliphatic carbocycles. The number of aryl methyl sites for hydroxylation is 1. The van der Waals surface area contributed by atoms with Gasteiger partial charge < -0.3 is 5.32 Å². The second-order valence-electron chi connectivity index (χ2n) is 5.32. The minimum absolute atomic E-state index is 0.0421. The number of benzene rings is 1. The summed E-state index contributed by atoms with van der Waals surface area (Å²) in [5, 5.41) is 9.41. The predicted molar refractivity (Wildman–Crippen MR) is 82.1 cm³/mol. The highest BCUT2D eigenvalue weighted by Crippen LogP contribution is 2.25. The van der Waals surface area contributed by atoms with E-state index in [-0.39, 0.29) is 24.0 Å². The van der Waals surface area contributed by atoms with Crippen LogP contribution in [0.25, 0.3) is 0 Å². The number of rotatable bonds is 4. The van der Waals surface area contributed by atoms with E-state index in [0.29, 0.717) is 23.0 Å². The Morgan fingerprint density at radius 3 is 2.65 bits per heavy atom. The molecule has 0 spiro atoms. The van der Waals surface area contributed by atoms with Crippen LogP contribution in [-0.2, 0) is 9.59 Å². The normalized spacial score (nSPS) is 15.9. The maximum Gasteiger partial charge on any atom is 0.252 e. The van der Waals surface area contributed by atoms with E-state index in [0.717, 1.165) is 0 Å². The first-order valence-electron chi connectivity index (χ1n) is 7.09. The van der Waals surface area contributed by atoms with Crippen LogP contribution in [0.2, 0.25) is 0 Å². The highest BCUT2D eigenvalue weighted by molar-refractivity contribution is 6.01. The average Bonchev–Trinajstić information content (AvgIpc) is 2.97. The Bertz CT molecular complexity index is 794.